The number of carboxylic acid groups (broad SMARTS) is 1. The quantitative estimate of drug-likeness (QED) is 0.567. The number of carboxylic acids is 1. The van der Waals surface area contributed by atoms with E-state index in [1.165, 1.54) is 7.11 Å². The zero-order valence-corrected chi connectivity index (χ0v) is 10.6. The molecule has 4 heteroatoms. The highest BCUT2D eigenvalue weighted by molar-refractivity contribution is 6.78. The monoisotopic (exact) mass is 216 g/mol. The van der Waals surface area contributed by atoms with E-state index >= 15 is 0 Å². The van der Waals surface area contributed by atoms with Gasteiger partial charge in [0.2, 0.25) is 0 Å². The minimum Gasteiger partial charge on any atom is -0.479 e. The minimum absolute atomic E-state index is 0.0231. The molecular weight excluding hydrogens is 196 g/mol. The van der Waals surface area contributed by atoms with Crippen LogP contribution in [0, 0.1) is 0 Å². The SMILES string of the molecule is C/C=C/[C@@H]([C@H](OC)C(=O)O)[Si](C)(C)C. The molecule has 3 nitrogen and oxygen atoms in total. The third-order valence-electron chi connectivity index (χ3n) is 2.22. The molecule has 0 aromatic heterocycles. The third-order valence-corrected chi connectivity index (χ3v) is 4.72. The van der Waals surface area contributed by atoms with Crippen LogP contribution in [-0.2, 0) is 9.53 Å². The largest absolute Gasteiger partial charge is 0.479 e. The standard InChI is InChI=1S/C10H20O3Si/c1-6-7-8(14(3,4)5)9(13-2)10(11)12/h6-9H,1-5H3,(H,11,12)/b7-6+/t8-,9-/m0/s1. The molecule has 0 fully saturated rings. The summed E-state index contributed by atoms with van der Waals surface area (Å²) in [4.78, 5) is 11.0. The van der Waals surface area contributed by atoms with Crippen LogP contribution < -0.4 is 0 Å². The lowest BCUT2D eigenvalue weighted by molar-refractivity contribution is -0.148. The van der Waals surface area contributed by atoms with Crippen molar-refractivity contribution in [2.24, 2.45) is 0 Å². The smallest absolute Gasteiger partial charge is 0.333 e. The summed E-state index contributed by atoms with van der Waals surface area (Å²) in [5.41, 5.74) is 0.0231. The van der Waals surface area contributed by atoms with Crippen LogP contribution >= 0.6 is 0 Å². The number of ether oxygens (including phenoxy) is 1. The molecule has 2 atom stereocenters. The van der Waals surface area contributed by atoms with Gasteiger partial charge in [0.05, 0.1) is 8.07 Å². The molecule has 0 aromatic carbocycles. The van der Waals surface area contributed by atoms with Crippen LogP contribution in [-0.4, -0.2) is 32.4 Å². The van der Waals surface area contributed by atoms with Gasteiger partial charge in [0.15, 0.2) is 6.10 Å². The molecule has 0 unspecified atom stereocenters. The van der Waals surface area contributed by atoms with E-state index in [2.05, 4.69) is 19.6 Å². The van der Waals surface area contributed by atoms with Gasteiger partial charge in [-0.05, 0) is 6.92 Å². The van der Waals surface area contributed by atoms with Crippen molar-refractivity contribution in [1.29, 1.82) is 0 Å². The second-order valence-corrected chi connectivity index (χ2v) is 9.81. The van der Waals surface area contributed by atoms with Crippen molar-refractivity contribution < 1.29 is 14.6 Å². The highest BCUT2D eigenvalue weighted by Gasteiger charge is 2.35. The Kier molecular flexibility index (Phi) is 5.08. The van der Waals surface area contributed by atoms with Gasteiger partial charge in [0, 0.05) is 12.7 Å². The predicted molar refractivity (Wildman–Crippen MR) is 60.3 cm³/mol. The fraction of sp³-hybridized carbons (Fsp3) is 0.700. The van der Waals surface area contributed by atoms with Crippen molar-refractivity contribution in [2.75, 3.05) is 7.11 Å². The minimum atomic E-state index is -1.55. The van der Waals surface area contributed by atoms with E-state index in [0.717, 1.165) is 0 Å². The van der Waals surface area contributed by atoms with Crippen LogP contribution in [0.4, 0.5) is 0 Å². The molecule has 0 aliphatic carbocycles. The van der Waals surface area contributed by atoms with Gasteiger partial charge in [-0.1, -0.05) is 31.8 Å². The zero-order valence-electron chi connectivity index (χ0n) is 9.57. The van der Waals surface area contributed by atoms with Crippen LogP contribution in [0.3, 0.4) is 0 Å². The van der Waals surface area contributed by atoms with Crippen molar-refractivity contribution in [3.8, 4) is 0 Å². The van der Waals surface area contributed by atoms with Crippen LogP contribution in [0.1, 0.15) is 6.92 Å². The van der Waals surface area contributed by atoms with Crippen molar-refractivity contribution in [3.05, 3.63) is 12.2 Å². The van der Waals surface area contributed by atoms with Gasteiger partial charge in [0.1, 0.15) is 0 Å². The first-order valence-corrected chi connectivity index (χ1v) is 8.30. The first-order valence-electron chi connectivity index (χ1n) is 4.73. The highest BCUT2D eigenvalue weighted by Crippen LogP contribution is 2.29. The molecule has 0 aromatic rings. The zero-order chi connectivity index (χ0) is 11.4. The predicted octanol–water partition coefficient (Wildman–Crippen LogP) is 2.37. The lowest BCUT2D eigenvalue weighted by Gasteiger charge is -2.30. The molecule has 0 rings (SSSR count). The Morgan fingerprint density at radius 3 is 2.14 bits per heavy atom. The summed E-state index contributed by atoms with van der Waals surface area (Å²) in [6.45, 7) is 8.34. The van der Waals surface area contributed by atoms with E-state index in [-0.39, 0.29) is 5.54 Å². The number of rotatable bonds is 5. The van der Waals surface area contributed by atoms with Gasteiger partial charge in [0.25, 0.3) is 0 Å². The summed E-state index contributed by atoms with van der Waals surface area (Å²) in [6, 6.07) is 0. The van der Waals surface area contributed by atoms with E-state index in [1.807, 2.05) is 19.1 Å². The molecule has 82 valence electrons. The van der Waals surface area contributed by atoms with Crippen LogP contribution in [0.15, 0.2) is 12.2 Å². The van der Waals surface area contributed by atoms with Crippen LogP contribution in [0.25, 0.3) is 0 Å². The van der Waals surface area contributed by atoms with Crippen molar-refractivity contribution in [3.63, 3.8) is 0 Å². The molecular formula is C10H20O3Si. The van der Waals surface area contributed by atoms with Crippen molar-refractivity contribution in [2.45, 2.75) is 38.2 Å². The van der Waals surface area contributed by atoms with Gasteiger partial charge >= 0.3 is 5.97 Å². The molecule has 0 aliphatic heterocycles. The fourth-order valence-electron chi connectivity index (χ4n) is 1.45. The summed E-state index contributed by atoms with van der Waals surface area (Å²) in [7, 11) is -0.0933. The molecule has 0 bridgehead atoms. The van der Waals surface area contributed by atoms with Gasteiger partial charge in [-0.3, -0.25) is 0 Å². The topological polar surface area (TPSA) is 46.5 Å². The van der Waals surface area contributed by atoms with E-state index in [9.17, 15) is 4.79 Å². The molecule has 0 amide bonds. The molecule has 0 saturated heterocycles. The Hall–Kier alpha value is -0.613. The number of aliphatic carboxylic acids is 1. The average molecular weight is 216 g/mol. The Bertz CT molecular complexity index is 218. The number of hydrogen-bond acceptors (Lipinski definition) is 2. The second kappa shape index (κ2) is 5.31. The van der Waals surface area contributed by atoms with Crippen LogP contribution in [0.5, 0.6) is 0 Å². The van der Waals surface area contributed by atoms with Crippen molar-refractivity contribution >= 4 is 14.0 Å². The highest BCUT2D eigenvalue weighted by atomic mass is 28.3. The lowest BCUT2D eigenvalue weighted by atomic mass is 10.2. The van der Waals surface area contributed by atoms with Crippen molar-refractivity contribution in [1.82, 2.24) is 0 Å². The molecule has 0 spiro atoms. The van der Waals surface area contributed by atoms with Gasteiger partial charge in [-0.25, -0.2) is 4.79 Å². The number of hydrogen-bond donors (Lipinski definition) is 1. The summed E-state index contributed by atoms with van der Waals surface area (Å²) >= 11 is 0. The maximum atomic E-state index is 11.0. The Balaban J connectivity index is 4.88. The Morgan fingerprint density at radius 1 is 1.43 bits per heavy atom. The number of methoxy groups -OCH3 is 1. The Morgan fingerprint density at radius 2 is 1.93 bits per heavy atom. The molecule has 14 heavy (non-hydrogen) atoms. The molecule has 0 saturated carbocycles. The summed E-state index contributed by atoms with van der Waals surface area (Å²) in [5, 5.41) is 9.00. The van der Waals surface area contributed by atoms with E-state index < -0.39 is 20.1 Å². The Labute approximate surface area is 86.8 Å². The average Bonchev–Trinajstić information content (AvgIpc) is 2.02. The molecule has 0 heterocycles. The lowest BCUT2D eigenvalue weighted by Crippen LogP contribution is -2.40. The maximum absolute atomic E-state index is 11.0. The van der Waals surface area contributed by atoms with E-state index in [1.54, 1.807) is 0 Å². The molecule has 1 N–H and O–H groups in total. The normalized spacial score (nSPS) is 16.9. The number of carbonyl (C=O) groups is 1. The first-order chi connectivity index (χ1) is 6.34. The van der Waals surface area contributed by atoms with E-state index in [4.69, 9.17) is 9.84 Å². The number of allylic oxidation sites excluding steroid dienone is 1. The first kappa shape index (κ1) is 13.4. The fourth-order valence-corrected chi connectivity index (χ4v) is 3.41. The van der Waals surface area contributed by atoms with Gasteiger partial charge in [-0.2, -0.15) is 0 Å². The molecule has 0 aliphatic rings. The van der Waals surface area contributed by atoms with E-state index in [0.29, 0.717) is 0 Å². The van der Waals surface area contributed by atoms with Gasteiger partial charge in [-0.15, -0.1) is 0 Å². The third kappa shape index (κ3) is 3.63. The summed E-state index contributed by atoms with van der Waals surface area (Å²) in [6.07, 6.45) is 3.14. The van der Waals surface area contributed by atoms with Gasteiger partial charge < -0.3 is 9.84 Å². The van der Waals surface area contributed by atoms with Crippen LogP contribution in [0.2, 0.25) is 25.2 Å². The maximum Gasteiger partial charge on any atom is 0.333 e. The summed E-state index contributed by atoms with van der Waals surface area (Å²) in [5.74, 6) is -0.877. The second-order valence-electron chi connectivity index (χ2n) is 4.41. The molecule has 0 radical (unpaired) electrons. The summed E-state index contributed by atoms with van der Waals surface area (Å²) < 4.78 is 5.04.